The Labute approximate surface area is 194 Å². The molecule has 1 saturated carbocycles. The number of nitrogens with one attached hydrogen (secondary N) is 1. The molecule has 1 unspecified atom stereocenters. The maximum Gasteiger partial charge on any atom is 0.416 e. The maximum atomic E-state index is 12.9. The lowest BCUT2D eigenvalue weighted by atomic mass is 9.83. The molecule has 1 atom stereocenters. The summed E-state index contributed by atoms with van der Waals surface area (Å²) in [6.07, 6.45) is -0.655. The Kier molecular flexibility index (Phi) is 7.84. The first-order valence-electron chi connectivity index (χ1n) is 10.3. The van der Waals surface area contributed by atoms with Crippen LogP contribution in [-0.2, 0) is 25.6 Å². The molecule has 1 fully saturated rings. The number of rotatable bonds is 7. The molecule has 1 aliphatic rings. The second-order valence-corrected chi connectivity index (χ2v) is 11.0. The van der Waals surface area contributed by atoms with Gasteiger partial charge in [0.15, 0.2) is 9.84 Å². The van der Waals surface area contributed by atoms with E-state index in [1.807, 2.05) is 0 Å². The Morgan fingerprint density at radius 1 is 1.27 bits per heavy atom. The van der Waals surface area contributed by atoms with Gasteiger partial charge in [-0.1, -0.05) is 6.07 Å². The van der Waals surface area contributed by atoms with Gasteiger partial charge in [-0.05, 0) is 48.6 Å². The van der Waals surface area contributed by atoms with E-state index in [1.54, 1.807) is 12.3 Å². The number of benzene rings is 1. The molecule has 0 saturated heterocycles. The van der Waals surface area contributed by atoms with E-state index in [2.05, 4.69) is 10.3 Å². The van der Waals surface area contributed by atoms with Crippen molar-refractivity contribution in [3.05, 3.63) is 47.7 Å². The molecule has 3 rings (SSSR count). The number of anilines is 1. The van der Waals surface area contributed by atoms with Gasteiger partial charge in [0.05, 0.1) is 21.9 Å². The van der Waals surface area contributed by atoms with Gasteiger partial charge in [0.1, 0.15) is 10.8 Å². The number of alkyl halides is 3. The first kappa shape index (κ1) is 25.2. The Morgan fingerprint density at radius 2 is 2.03 bits per heavy atom. The molecule has 6 nitrogen and oxygen atoms in total. The van der Waals surface area contributed by atoms with Gasteiger partial charge in [-0.25, -0.2) is 13.4 Å². The van der Waals surface area contributed by atoms with Gasteiger partial charge >= 0.3 is 6.18 Å². The molecule has 1 amide bonds. The fourth-order valence-electron chi connectivity index (χ4n) is 3.73. The number of carbonyl (C=O) groups excluding carboxylic acids is 2. The van der Waals surface area contributed by atoms with Crippen molar-refractivity contribution in [1.29, 1.82) is 0 Å². The Hall–Kier alpha value is -2.40. The molecule has 2 aromatic rings. The smallest absolute Gasteiger partial charge is 0.324 e. The van der Waals surface area contributed by atoms with Crippen molar-refractivity contribution in [3.63, 3.8) is 0 Å². The molecular weight excluding hydrogens is 477 g/mol. The third-order valence-electron chi connectivity index (χ3n) is 5.28. The van der Waals surface area contributed by atoms with E-state index in [-0.39, 0.29) is 23.4 Å². The van der Waals surface area contributed by atoms with Crippen LogP contribution in [-0.4, -0.2) is 36.6 Å². The first-order valence-corrected chi connectivity index (χ1v) is 12.9. The molecular formula is C22H23F3N2O4S2. The van der Waals surface area contributed by atoms with Crippen LogP contribution in [0, 0.1) is 0 Å². The Bertz CT molecular complexity index is 1150. The normalized spacial score (nSPS) is 17.1. The van der Waals surface area contributed by atoms with Crippen molar-refractivity contribution in [1.82, 2.24) is 4.98 Å². The van der Waals surface area contributed by atoms with Crippen LogP contribution < -0.4 is 5.32 Å². The second-order valence-electron chi connectivity index (χ2n) is 7.79. The fourth-order valence-corrected chi connectivity index (χ4v) is 6.41. The highest BCUT2D eigenvalue weighted by atomic mass is 32.2. The lowest BCUT2D eigenvalue weighted by Crippen LogP contribution is -2.17. The first-order chi connectivity index (χ1) is 15.5. The highest BCUT2D eigenvalue weighted by Crippen LogP contribution is 2.39. The van der Waals surface area contributed by atoms with Crippen LogP contribution in [0.3, 0.4) is 0 Å². The standard InChI is InChI=1S/C22H23F3N2O4S2/c1-14(28)27-20-19(15-4-2-6-17(29)12-15)8-9-26-21(20)32-10-11-33(30,31)18-7-3-5-16(13-18)22(23,24)25/h3,5,7-9,13,15H,2,4,6,10-12H2,1H3,(H,27,28). The summed E-state index contributed by atoms with van der Waals surface area (Å²) in [6, 6.07) is 5.39. The van der Waals surface area contributed by atoms with Gasteiger partial charge in [-0.15, -0.1) is 11.8 Å². The third kappa shape index (κ3) is 6.57. The molecule has 1 aromatic heterocycles. The molecule has 1 N–H and O–H groups in total. The molecule has 0 spiro atoms. The fraction of sp³-hybridized carbons (Fsp3) is 0.409. The number of pyridine rings is 1. The van der Waals surface area contributed by atoms with Gasteiger partial charge in [0.25, 0.3) is 0 Å². The summed E-state index contributed by atoms with van der Waals surface area (Å²) >= 11 is 1.09. The molecule has 11 heteroatoms. The minimum atomic E-state index is -4.64. The van der Waals surface area contributed by atoms with Crippen LogP contribution in [0.2, 0.25) is 0 Å². The molecule has 1 heterocycles. The molecule has 0 radical (unpaired) electrons. The summed E-state index contributed by atoms with van der Waals surface area (Å²) in [5, 5.41) is 3.15. The van der Waals surface area contributed by atoms with Crippen molar-refractivity contribution < 1.29 is 31.2 Å². The number of Topliss-reactive ketones (excluding diaryl/α,β-unsaturated/α-hetero) is 1. The molecule has 0 bridgehead atoms. The quantitative estimate of drug-likeness (QED) is 0.547. The number of ketones is 1. The number of hydrogen-bond acceptors (Lipinski definition) is 6. The summed E-state index contributed by atoms with van der Waals surface area (Å²) in [7, 11) is -3.97. The summed E-state index contributed by atoms with van der Waals surface area (Å²) in [5.74, 6) is -0.635. The van der Waals surface area contributed by atoms with Crippen molar-refractivity contribution in [2.75, 3.05) is 16.8 Å². The van der Waals surface area contributed by atoms with Crippen LogP contribution in [0.25, 0.3) is 0 Å². The van der Waals surface area contributed by atoms with Gasteiger partial charge in [0, 0.05) is 31.7 Å². The Morgan fingerprint density at radius 3 is 2.70 bits per heavy atom. The van der Waals surface area contributed by atoms with Crippen molar-refractivity contribution in [2.45, 2.75) is 54.6 Å². The van der Waals surface area contributed by atoms with E-state index in [0.717, 1.165) is 48.4 Å². The SMILES string of the molecule is CC(=O)Nc1c(C2CCCC(=O)C2)ccnc1SCCS(=O)(=O)c1cccc(C(F)(F)F)c1. The number of aromatic nitrogens is 1. The number of halogens is 3. The van der Waals surface area contributed by atoms with Gasteiger partial charge < -0.3 is 5.32 Å². The number of carbonyl (C=O) groups is 2. The largest absolute Gasteiger partial charge is 0.416 e. The van der Waals surface area contributed by atoms with E-state index in [4.69, 9.17) is 0 Å². The molecule has 1 aromatic carbocycles. The van der Waals surface area contributed by atoms with E-state index >= 15 is 0 Å². The van der Waals surface area contributed by atoms with Crippen molar-refractivity contribution >= 4 is 39.0 Å². The van der Waals surface area contributed by atoms with Crippen molar-refractivity contribution in [2.24, 2.45) is 0 Å². The molecule has 33 heavy (non-hydrogen) atoms. The average molecular weight is 501 g/mol. The monoisotopic (exact) mass is 500 g/mol. The summed E-state index contributed by atoms with van der Waals surface area (Å²) in [5.41, 5.74) is 0.197. The van der Waals surface area contributed by atoms with E-state index in [9.17, 15) is 31.2 Å². The lowest BCUT2D eigenvalue weighted by molar-refractivity contribution is -0.137. The Balaban J connectivity index is 1.79. The predicted molar refractivity (Wildman–Crippen MR) is 119 cm³/mol. The van der Waals surface area contributed by atoms with Gasteiger partial charge in [-0.2, -0.15) is 13.2 Å². The number of thioether (sulfide) groups is 1. The number of nitrogens with zero attached hydrogens (tertiary/aromatic N) is 1. The minimum absolute atomic E-state index is 0.0191. The van der Waals surface area contributed by atoms with Gasteiger partial charge in [-0.3, -0.25) is 9.59 Å². The van der Waals surface area contributed by atoms with Crippen molar-refractivity contribution in [3.8, 4) is 0 Å². The average Bonchev–Trinajstić information content (AvgIpc) is 2.74. The minimum Gasteiger partial charge on any atom is -0.324 e. The summed E-state index contributed by atoms with van der Waals surface area (Å²) in [4.78, 5) is 27.6. The second kappa shape index (κ2) is 10.3. The zero-order valence-electron chi connectivity index (χ0n) is 17.8. The molecule has 178 valence electrons. The maximum absolute atomic E-state index is 12.9. The third-order valence-corrected chi connectivity index (χ3v) is 8.25. The number of amides is 1. The number of sulfone groups is 1. The van der Waals surface area contributed by atoms with Gasteiger partial charge in [0.2, 0.25) is 5.91 Å². The van der Waals surface area contributed by atoms with Crippen LogP contribution in [0.4, 0.5) is 18.9 Å². The summed E-state index contributed by atoms with van der Waals surface area (Å²) in [6.45, 7) is 1.34. The van der Waals surface area contributed by atoms with E-state index in [1.165, 1.54) is 6.92 Å². The van der Waals surface area contributed by atoms with E-state index < -0.39 is 32.2 Å². The highest BCUT2D eigenvalue weighted by Gasteiger charge is 2.31. The topological polar surface area (TPSA) is 93.2 Å². The molecule has 0 aliphatic heterocycles. The van der Waals surface area contributed by atoms with Crippen LogP contribution in [0.1, 0.15) is 49.7 Å². The zero-order valence-corrected chi connectivity index (χ0v) is 19.4. The summed E-state index contributed by atoms with van der Waals surface area (Å²) < 4.78 is 64.0. The highest BCUT2D eigenvalue weighted by molar-refractivity contribution is 8.00. The molecule has 1 aliphatic carbocycles. The predicted octanol–water partition coefficient (Wildman–Crippen LogP) is 4.85. The van der Waals surface area contributed by atoms with Crippen LogP contribution >= 0.6 is 11.8 Å². The van der Waals surface area contributed by atoms with Crippen LogP contribution in [0.15, 0.2) is 46.5 Å². The number of hydrogen-bond donors (Lipinski definition) is 1. The lowest BCUT2D eigenvalue weighted by Gasteiger charge is -2.24. The zero-order chi connectivity index (χ0) is 24.2. The van der Waals surface area contributed by atoms with E-state index in [0.29, 0.717) is 29.6 Å². The van der Waals surface area contributed by atoms with Crippen LogP contribution in [0.5, 0.6) is 0 Å².